The zero-order valence-electron chi connectivity index (χ0n) is 20.3. The smallest absolute Gasteiger partial charge is 0.259 e. The zero-order chi connectivity index (χ0) is 23.7. The first kappa shape index (κ1) is 22.0. The number of thiazole rings is 1. The fourth-order valence-electron chi connectivity index (χ4n) is 5.28. The van der Waals surface area contributed by atoms with E-state index in [2.05, 4.69) is 55.0 Å². The van der Waals surface area contributed by atoms with Gasteiger partial charge in [0.2, 0.25) is 0 Å². The molecule has 1 N–H and O–H groups in total. The van der Waals surface area contributed by atoms with Crippen molar-refractivity contribution in [2.24, 2.45) is 0 Å². The number of piperidine rings is 1. The quantitative estimate of drug-likeness (QED) is 0.495. The molecule has 0 bridgehead atoms. The largest absolute Gasteiger partial charge is 0.362 e. The first-order chi connectivity index (χ1) is 15.4. The first-order valence-corrected chi connectivity index (χ1v) is 12.1. The molecule has 1 saturated heterocycles. The summed E-state index contributed by atoms with van der Waals surface area (Å²) < 4.78 is 3.40. The number of imidazole rings is 1. The summed E-state index contributed by atoms with van der Waals surface area (Å²) in [4.78, 5) is 25.3. The molecule has 4 aromatic heterocycles. The van der Waals surface area contributed by atoms with Gasteiger partial charge in [0, 0.05) is 36.4 Å². The van der Waals surface area contributed by atoms with E-state index in [1.165, 1.54) is 0 Å². The number of rotatable bonds is 3. The van der Waals surface area contributed by atoms with E-state index in [0.717, 1.165) is 34.7 Å². The number of aryl methyl sites for hydroxylation is 2. The molecule has 0 amide bonds. The lowest BCUT2D eigenvalue weighted by molar-refractivity contribution is 0.161. The van der Waals surface area contributed by atoms with Gasteiger partial charge in [-0.3, -0.25) is 9.20 Å². The number of nitrogens with zero attached hydrogens (tertiary/aromatic N) is 6. The van der Waals surface area contributed by atoms with Crippen molar-refractivity contribution in [2.75, 3.05) is 11.9 Å². The Hall–Kier alpha value is -2.78. The number of fused-ring (bicyclic) bond motifs is 2. The monoisotopic (exact) mass is 465 g/mol. The van der Waals surface area contributed by atoms with E-state index in [1.807, 2.05) is 32.3 Å². The maximum absolute atomic E-state index is 13.0. The summed E-state index contributed by atoms with van der Waals surface area (Å²) in [7, 11) is 2.12. The molecule has 1 aliphatic rings. The molecule has 9 heteroatoms. The molecule has 8 nitrogen and oxygen atoms in total. The zero-order valence-corrected chi connectivity index (χ0v) is 21.1. The predicted octanol–water partition coefficient (Wildman–Crippen LogP) is 3.83. The third-order valence-electron chi connectivity index (χ3n) is 6.41. The Bertz CT molecular complexity index is 1410. The molecule has 0 radical (unpaired) electrons. The molecule has 0 aromatic carbocycles. The highest BCUT2D eigenvalue weighted by atomic mass is 32.1. The molecule has 0 atom stereocenters. The summed E-state index contributed by atoms with van der Waals surface area (Å²) in [6.07, 6.45) is 5.87. The van der Waals surface area contributed by atoms with Crippen molar-refractivity contribution in [2.45, 2.75) is 71.5 Å². The summed E-state index contributed by atoms with van der Waals surface area (Å²) in [5, 5.41) is 9.44. The average Bonchev–Trinajstić information content (AvgIpc) is 3.28. The summed E-state index contributed by atoms with van der Waals surface area (Å²) in [5.74, 6) is 0. The SMILES string of the molecule is Cc1cn2nc(-c3cc(=O)n4cc(N(C)C5CC(C)(C)NC(C)(C)C5)sc4n3)cc(C)c2n1. The minimum Gasteiger partial charge on any atom is -0.362 e. The van der Waals surface area contributed by atoms with Gasteiger partial charge in [0.05, 0.1) is 17.6 Å². The number of aromatic nitrogens is 5. The van der Waals surface area contributed by atoms with Gasteiger partial charge in [-0.2, -0.15) is 5.10 Å². The van der Waals surface area contributed by atoms with Gasteiger partial charge in [0.15, 0.2) is 10.6 Å². The molecule has 4 aromatic rings. The van der Waals surface area contributed by atoms with Crippen LogP contribution in [0.5, 0.6) is 0 Å². The van der Waals surface area contributed by atoms with Crippen LogP contribution in [0.25, 0.3) is 22.0 Å². The molecule has 1 aliphatic heterocycles. The molecule has 5 rings (SSSR count). The Labute approximate surface area is 197 Å². The molecule has 174 valence electrons. The van der Waals surface area contributed by atoms with Gasteiger partial charge in [0.25, 0.3) is 5.56 Å². The highest BCUT2D eigenvalue weighted by Crippen LogP contribution is 2.35. The normalized spacial score (nSPS) is 18.3. The lowest BCUT2D eigenvalue weighted by Crippen LogP contribution is -2.61. The van der Waals surface area contributed by atoms with Crippen LogP contribution < -0.4 is 15.8 Å². The fourth-order valence-corrected chi connectivity index (χ4v) is 6.30. The van der Waals surface area contributed by atoms with Crippen molar-refractivity contribution >= 4 is 26.9 Å². The number of anilines is 1. The minimum atomic E-state index is -0.0989. The molecule has 1 fully saturated rings. The summed E-state index contributed by atoms with van der Waals surface area (Å²) >= 11 is 1.54. The van der Waals surface area contributed by atoms with Crippen molar-refractivity contribution < 1.29 is 0 Å². The lowest BCUT2D eigenvalue weighted by Gasteiger charge is -2.49. The van der Waals surface area contributed by atoms with Gasteiger partial charge < -0.3 is 10.2 Å². The van der Waals surface area contributed by atoms with Gasteiger partial charge in [-0.05, 0) is 66.0 Å². The molecule has 0 spiro atoms. The van der Waals surface area contributed by atoms with E-state index in [-0.39, 0.29) is 16.6 Å². The Balaban J connectivity index is 1.53. The number of nitrogens with one attached hydrogen (secondary N) is 1. The maximum atomic E-state index is 13.0. The molecule has 0 saturated carbocycles. The molecular formula is C24H31N7OS. The Morgan fingerprint density at radius 1 is 1.06 bits per heavy atom. The first-order valence-electron chi connectivity index (χ1n) is 11.3. The summed E-state index contributed by atoms with van der Waals surface area (Å²) in [6, 6.07) is 3.88. The second-order valence-electron chi connectivity index (χ2n) is 10.6. The van der Waals surface area contributed by atoms with E-state index in [9.17, 15) is 4.79 Å². The van der Waals surface area contributed by atoms with Crippen molar-refractivity contribution in [1.82, 2.24) is 29.3 Å². The third-order valence-corrected chi connectivity index (χ3v) is 7.48. The van der Waals surface area contributed by atoms with Crippen LogP contribution >= 0.6 is 11.3 Å². The average molecular weight is 466 g/mol. The highest BCUT2D eigenvalue weighted by molar-refractivity contribution is 7.20. The van der Waals surface area contributed by atoms with Crippen LogP contribution in [-0.4, -0.2) is 48.2 Å². The predicted molar refractivity (Wildman–Crippen MR) is 134 cm³/mol. The third kappa shape index (κ3) is 4.04. The molecular weight excluding hydrogens is 434 g/mol. The van der Waals surface area contributed by atoms with Gasteiger partial charge in [-0.1, -0.05) is 11.3 Å². The van der Waals surface area contributed by atoms with E-state index in [1.54, 1.807) is 26.3 Å². The van der Waals surface area contributed by atoms with Gasteiger partial charge in [0.1, 0.15) is 10.7 Å². The van der Waals surface area contributed by atoms with Crippen LogP contribution in [0, 0.1) is 13.8 Å². The van der Waals surface area contributed by atoms with E-state index < -0.39 is 0 Å². The van der Waals surface area contributed by atoms with Crippen LogP contribution in [0.3, 0.4) is 0 Å². The van der Waals surface area contributed by atoms with Gasteiger partial charge in [-0.15, -0.1) is 0 Å². The van der Waals surface area contributed by atoms with Crippen molar-refractivity contribution in [3.05, 3.63) is 46.1 Å². The fraction of sp³-hybridized carbons (Fsp3) is 0.500. The van der Waals surface area contributed by atoms with E-state index >= 15 is 0 Å². The summed E-state index contributed by atoms with van der Waals surface area (Å²) in [6.45, 7) is 13.0. The van der Waals surface area contributed by atoms with Crippen LogP contribution in [0.2, 0.25) is 0 Å². The standard InChI is InChI=1S/C24H31N7OS/c1-14-8-18(27-31-12-15(2)25-21(14)31)17-9-19(32)30-13-20(33-22(30)26-17)29(7)16-10-23(3,4)28-24(5,6)11-16/h8-9,12-13,16,28H,10-11H2,1-7H3. The molecule has 33 heavy (non-hydrogen) atoms. The molecule has 0 unspecified atom stereocenters. The van der Waals surface area contributed by atoms with Gasteiger partial charge >= 0.3 is 0 Å². The summed E-state index contributed by atoms with van der Waals surface area (Å²) in [5.41, 5.74) is 3.97. The van der Waals surface area contributed by atoms with Crippen LogP contribution in [0.1, 0.15) is 51.8 Å². The van der Waals surface area contributed by atoms with Crippen LogP contribution in [0.4, 0.5) is 5.00 Å². The Morgan fingerprint density at radius 3 is 2.45 bits per heavy atom. The highest BCUT2D eigenvalue weighted by Gasteiger charge is 2.39. The minimum absolute atomic E-state index is 0.0491. The van der Waals surface area contributed by atoms with Crippen molar-refractivity contribution in [3.63, 3.8) is 0 Å². The molecule has 5 heterocycles. The van der Waals surface area contributed by atoms with E-state index in [0.29, 0.717) is 22.4 Å². The topological polar surface area (TPSA) is 79.8 Å². The van der Waals surface area contributed by atoms with E-state index in [4.69, 9.17) is 4.98 Å². The van der Waals surface area contributed by atoms with Crippen LogP contribution in [-0.2, 0) is 0 Å². The Morgan fingerprint density at radius 2 is 1.76 bits per heavy atom. The lowest BCUT2D eigenvalue weighted by atomic mass is 9.79. The van der Waals surface area contributed by atoms with Crippen molar-refractivity contribution in [1.29, 1.82) is 0 Å². The number of hydrogen-bond acceptors (Lipinski definition) is 7. The second-order valence-corrected chi connectivity index (χ2v) is 11.6. The number of hydrogen-bond donors (Lipinski definition) is 1. The Kier molecular flexibility index (Phi) is 4.92. The van der Waals surface area contributed by atoms with Gasteiger partial charge in [-0.25, -0.2) is 14.5 Å². The maximum Gasteiger partial charge on any atom is 0.259 e. The van der Waals surface area contributed by atoms with Crippen molar-refractivity contribution in [3.8, 4) is 11.4 Å². The second kappa shape index (κ2) is 7.36. The molecule has 0 aliphatic carbocycles. The van der Waals surface area contributed by atoms with Crippen LogP contribution in [0.15, 0.2) is 29.3 Å².